The standard InChI is InChI=1S/C35H46N4O4/c1-6-43-33(42)35(22-26-13-8-7-9-14-26)17-12-18-39(24-35)32(41)30(20-27-23-37-29-16-11-10-15-28(27)29)38(5)31(40)19-25(2)21-34(3,4)36/h7-11,13-16,19,23,30,37H,6,12,17-18,20-22,24,36H2,1-5H3/b25-19+/t30-,35+/m1/s1. The van der Waals surface area contributed by atoms with Crippen LogP contribution in [0.2, 0.25) is 0 Å². The molecule has 230 valence electrons. The molecule has 0 aliphatic carbocycles. The molecule has 2 heterocycles. The van der Waals surface area contributed by atoms with Crippen molar-refractivity contribution in [1.82, 2.24) is 14.8 Å². The molecular weight excluding hydrogens is 540 g/mol. The molecular formula is C35H46N4O4. The quantitative estimate of drug-likeness (QED) is 0.242. The van der Waals surface area contributed by atoms with E-state index in [1.165, 1.54) is 4.90 Å². The number of H-pyrrole nitrogens is 1. The maximum absolute atomic E-state index is 14.5. The maximum atomic E-state index is 14.5. The van der Waals surface area contributed by atoms with Crippen LogP contribution in [0.15, 0.2) is 72.4 Å². The van der Waals surface area contributed by atoms with Crippen molar-refractivity contribution in [2.75, 3.05) is 26.7 Å². The van der Waals surface area contributed by atoms with Gasteiger partial charge in [0.15, 0.2) is 0 Å². The summed E-state index contributed by atoms with van der Waals surface area (Å²) >= 11 is 0. The van der Waals surface area contributed by atoms with Gasteiger partial charge in [-0.25, -0.2) is 0 Å². The lowest BCUT2D eigenvalue weighted by atomic mass is 9.74. The molecule has 8 heteroatoms. The van der Waals surface area contributed by atoms with E-state index in [2.05, 4.69) is 4.98 Å². The summed E-state index contributed by atoms with van der Waals surface area (Å²) in [6.45, 7) is 8.55. The molecule has 1 saturated heterocycles. The molecule has 4 rings (SSSR count). The summed E-state index contributed by atoms with van der Waals surface area (Å²) in [5, 5.41) is 1.02. The Morgan fingerprint density at radius 2 is 1.84 bits per heavy atom. The number of rotatable bonds is 11. The second-order valence-electron chi connectivity index (χ2n) is 12.7. The summed E-state index contributed by atoms with van der Waals surface area (Å²) in [5.74, 6) is -0.706. The Labute approximate surface area is 255 Å². The molecule has 0 bridgehead atoms. The van der Waals surface area contributed by atoms with Crippen LogP contribution in [-0.4, -0.2) is 70.9 Å². The number of piperidine rings is 1. The summed E-state index contributed by atoms with van der Waals surface area (Å²) in [7, 11) is 1.68. The molecule has 0 unspecified atom stereocenters. The van der Waals surface area contributed by atoms with E-state index in [9.17, 15) is 14.4 Å². The summed E-state index contributed by atoms with van der Waals surface area (Å²) in [6.07, 6.45) is 6.16. The average molecular weight is 587 g/mol. The fourth-order valence-corrected chi connectivity index (χ4v) is 6.32. The number of aromatic amines is 1. The Hall–Kier alpha value is -3.91. The van der Waals surface area contributed by atoms with Gasteiger partial charge in [0.2, 0.25) is 11.8 Å². The Morgan fingerprint density at radius 3 is 2.53 bits per heavy atom. The van der Waals surface area contributed by atoms with E-state index < -0.39 is 17.0 Å². The van der Waals surface area contributed by atoms with Crippen LogP contribution in [0.5, 0.6) is 0 Å². The van der Waals surface area contributed by atoms with Crippen LogP contribution >= 0.6 is 0 Å². The zero-order valence-electron chi connectivity index (χ0n) is 26.2. The third kappa shape index (κ3) is 7.93. The van der Waals surface area contributed by atoms with Gasteiger partial charge >= 0.3 is 5.97 Å². The average Bonchev–Trinajstić information content (AvgIpc) is 3.37. The number of likely N-dealkylation sites (tertiary alicyclic amines) is 1. The minimum absolute atomic E-state index is 0.173. The first-order valence-corrected chi connectivity index (χ1v) is 15.2. The van der Waals surface area contributed by atoms with E-state index in [1.807, 2.05) is 81.6 Å². The summed E-state index contributed by atoms with van der Waals surface area (Å²) in [6, 6.07) is 17.0. The van der Waals surface area contributed by atoms with Crippen LogP contribution in [0, 0.1) is 5.41 Å². The molecule has 3 N–H and O–H groups in total. The number of esters is 1. The molecule has 1 aromatic heterocycles. The van der Waals surface area contributed by atoms with Gasteiger partial charge in [-0.3, -0.25) is 14.4 Å². The third-order valence-corrected chi connectivity index (χ3v) is 8.28. The molecule has 1 aliphatic heterocycles. The molecule has 43 heavy (non-hydrogen) atoms. The number of hydrogen-bond acceptors (Lipinski definition) is 5. The largest absolute Gasteiger partial charge is 0.466 e. The summed E-state index contributed by atoms with van der Waals surface area (Å²) in [5.41, 5.74) is 8.68. The van der Waals surface area contributed by atoms with Crippen LogP contribution in [-0.2, 0) is 32.0 Å². The lowest BCUT2D eigenvalue weighted by Gasteiger charge is -2.43. The smallest absolute Gasteiger partial charge is 0.314 e. The van der Waals surface area contributed by atoms with Gasteiger partial charge < -0.3 is 25.3 Å². The fourth-order valence-electron chi connectivity index (χ4n) is 6.32. The Bertz CT molecular complexity index is 1460. The lowest BCUT2D eigenvalue weighted by molar-refractivity contribution is -0.162. The van der Waals surface area contributed by atoms with Crippen LogP contribution in [0.4, 0.5) is 0 Å². The second kappa shape index (κ2) is 13.6. The van der Waals surface area contributed by atoms with Crippen LogP contribution in [0.1, 0.15) is 58.1 Å². The van der Waals surface area contributed by atoms with Crippen molar-refractivity contribution in [3.63, 3.8) is 0 Å². The van der Waals surface area contributed by atoms with Crippen molar-refractivity contribution in [2.45, 2.75) is 71.4 Å². The number of ether oxygens (including phenoxy) is 1. The van der Waals surface area contributed by atoms with Gasteiger partial charge in [0.05, 0.1) is 12.0 Å². The second-order valence-corrected chi connectivity index (χ2v) is 12.7. The first-order valence-electron chi connectivity index (χ1n) is 15.2. The monoisotopic (exact) mass is 586 g/mol. The number of amides is 2. The third-order valence-electron chi connectivity index (χ3n) is 8.28. The van der Waals surface area contributed by atoms with Crippen molar-refractivity contribution < 1.29 is 19.1 Å². The Kier molecular flexibility index (Phi) is 10.1. The highest BCUT2D eigenvalue weighted by molar-refractivity contribution is 5.94. The van der Waals surface area contributed by atoms with Gasteiger partial charge in [-0.2, -0.15) is 0 Å². The molecule has 0 spiro atoms. The van der Waals surface area contributed by atoms with Crippen molar-refractivity contribution in [3.8, 4) is 0 Å². The van der Waals surface area contributed by atoms with E-state index in [1.54, 1.807) is 24.9 Å². The predicted octanol–water partition coefficient (Wildman–Crippen LogP) is 5.03. The SMILES string of the molecule is CCOC(=O)[C@]1(Cc2ccccc2)CCCN(C(=O)[C@@H](Cc2c[nH]c3ccccc23)N(C)C(=O)/C=C(\C)CC(C)(C)N)C1. The number of carbonyl (C=O) groups is 3. The number of benzene rings is 2. The fraction of sp³-hybridized carbons (Fsp3) is 0.457. The van der Waals surface area contributed by atoms with E-state index >= 15 is 0 Å². The highest BCUT2D eigenvalue weighted by atomic mass is 16.5. The zero-order chi connectivity index (χ0) is 31.2. The number of fused-ring (bicyclic) bond motifs is 1. The molecule has 2 aromatic carbocycles. The van der Waals surface area contributed by atoms with Crippen molar-refractivity contribution in [2.24, 2.45) is 11.1 Å². The minimum Gasteiger partial charge on any atom is -0.466 e. The lowest BCUT2D eigenvalue weighted by Crippen LogP contribution is -2.57. The van der Waals surface area contributed by atoms with Crippen LogP contribution < -0.4 is 5.73 Å². The molecule has 0 radical (unpaired) electrons. The van der Waals surface area contributed by atoms with Crippen molar-refractivity contribution >= 4 is 28.7 Å². The number of nitrogens with one attached hydrogen (secondary N) is 1. The highest BCUT2D eigenvalue weighted by Gasteiger charge is 2.46. The van der Waals surface area contributed by atoms with Crippen molar-refractivity contribution in [1.29, 1.82) is 0 Å². The molecule has 1 aliphatic rings. The zero-order valence-corrected chi connectivity index (χ0v) is 26.2. The number of hydrogen-bond donors (Lipinski definition) is 2. The predicted molar refractivity (Wildman–Crippen MR) is 170 cm³/mol. The number of nitrogens with two attached hydrogens (primary N) is 1. The Morgan fingerprint density at radius 1 is 1.14 bits per heavy atom. The molecule has 8 nitrogen and oxygen atoms in total. The first-order chi connectivity index (χ1) is 20.4. The molecule has 0 saturated carbocycles. The number of carbonyl (C=O) groups excluding carboxylic acids is 3. The van der Waals surface area contributed by atoms with Crippen LogP contribution in [0.25, 0.3) is 10.9 Å². The normalized spacial score (nSPS) is 18.4. The van der Waals surface area contributed by atoms with Gasteiger partial charge in [0, 0.05) is 55.3 Å². The number of nitrogens with zero attached hydrogens (tertiary/aromatic N) is 2. The van der Waals surface area contributed by atoms with E-state index in [0.717, 1.165) is 27.6 Å². The van der Waals surface area contributed by atoms with Crippen molar-refractivity contribution in [3.05, 3.63) is 83.6 Å². The topological polar surface area (TPSA) is 109 Å². The van der Waals surface area contributed by atoms with Gasteiger partial charge in [-0.1, -0.05) is 54.1 Å². The Balaban J connectivity index is 1.67. The number of para-hydroxylation sites is 1. The summed E-state index contributed by atoms with van der Waals surface area (Å²) < 4.78 is 5.58. The first kappa shape index (κ1) is 32.0. The highest BCUT2D eigenvalue weighted by Crippen LogP contribution is 2.36. The maximum Gasteiger partial charge on any atom is 0.314 e. The minimum atomic E-state index is -0.859. The number of aromatic nitrogens is 1. The molecule has 2 atom stereocenters. The van der Waals surface area contributed by atoms with E-state index in [4.69, 9.17) is 10.5 Å². The van der Waals surface area contributed by atoms with E-state index in [0.29, 0.717) is 38.6 Å². The molecule has 1 fully saturated rings. The van der Waals surface area contributed by atoms with Gasteiger partial charge in [0.1, 0.15) is 6.04 Å². The number of likely N-dealkylation sites (N-methyl/N-ethyl adjacent to an activating group) is 1. The molecule has 3 aromatic rings. The van der Waals surface area contributed by atoms with E-state index in [-0.39, 0.29) is 30.9 Å². The summed E-state index contributed by atoms with van der Waals surface area (Å²) in [4.78, 5) is 48.1. The van der Waals surface area contributed by atoms with Gasteiger partial charge in [0.25, 0.3) is 0 Å². The van der Waals surface area contributed by atoms with Gasteiger partial charge in [-0.15, -0.1) is 0 Å². The van der Waals surface area contributed by atoms with Crippen LogP contribution in [0.3, 0.4) is 0 Å². The molecule has 2 amide bonds. The van der Waals surface area contributed by atoms with Gasteiger partial charge in [-0.05, 0) is 70.6 Å².